The normalized spacial score (nSPS) is 23.6. The Kier molecular flexibility index (Phi) is 5.61. The Morgan fingerprint density at radius 1 is 1.33 bits per heavy atom. The Morgan fingerprint density at radius 2 is 2.11 bits per heavy atom. The Balaban J connectivity index is 1.46. The highest BCUT2D eigenvalue weighted by Gasteiger charge is 2.43. The van der Waals surface area contributed by atoms with Gasteiger partial charge >= 0.3 is 0 Å². The van der Waals surface area contributed by atoms with Gasteiger partial charge in [0, 0.05) is 37.0 Å². The molecule has 5 nitrogen and oxygen atoms in total. The highest BCUT2D eigenvalue weighted by Crippen LogP contribution is 2.45. The molecule has 1 aliphatic carbocycles. The lowest BCUT2D eigenvalue weighted by Gasteiger charge is -2.43. The molecular weight excluding hydrogens is 360 g/mol. The van der Waals surface area contributed by atoms with Gasteiger partial charge in [0.25, 0.3) is 5.91 Å². The number of carbonyl (C=O) groups excluding carboxylic acids is 1. The summed E-state index contributed by atoms with van der Waals surface area (Å²) in [5.74, 6) is 0.0675. The minimum atomic E-state index is -0.159. The summed E-state index contributed by atoms with van der Waals surface area (Å²) >= 11 is 1.66. The van der Waals surface area contributed by atoms with Gasteiger partial charge in [-0.05, 0) is 50.3 Å². The lowest BCUT2D eigenvalue weighted by Crippen LogP contribution is -2.45. The van der Waals surface area contributed by atoms with Crippen LogP contribution in [0.25, 0.3) is 0 Å². The van der Waals surface area contributed by atoms with Crippen LogP contribution in [0.4, 0.5) is 0 Å². The first-order valence-corrected chi connectivity index (χ1v) is 11.2. The van der Waals surface area contributed by atoms with Gasteiger partial charge in [0.1, 0.15) is 5.60 Å². The summed E-state index contributed by atoms with van der Waals surface area (Å²) in [4.78, 5) is 17.5. The number of fused-ring (bicyclic) bond motifs is 2. The van der Waals surface area contributed by atoms with Crippen molar-refractivity contribution >= 4 is 17.2 Å². The average Bonchev–Trinajstić information content (AvgIpc) is 3.10. The van der Waals surface area contributed by atoms with E-state index in [2.05, 4.69) is 23.2 Å². The Morgan fingerprint density at radius 3 is 2.74 bits per heavy atom. The molecule has 1 saturated carbocycles. The van der Waals surface area contributed by atoms with Gasteiger partial charge in [-0.15, -0.1) is 11.3 Å². The van der Waals surface area contributed by atoms with E-state index in [9.17, 15) is 4.79 Å². The van der Waals surface area contributed by atoms with Crippen molar-refractivity contribution in [3.8, 4) is 0 Å². The minimum absolute atomic E-state index is 0.0675. The molecule has 0 unspecified atom stereocenters. The molecule has 0 aromatic carbocycles. The van der Waals surface area contributed by atoms with Crippen LogP contribution < -0.4 is 5.32 Å². The van der Waals surface area contributed by atoms with E-state index < -0.39 is 0 Å². The van der Waals surface area contributed by atoms with Crippen molar-refractivity contribution in [2.45, 2.75) is 51.0 Å². The van der Waals surface area contributed by atoms with Crippen molar-refractivity contribution in [3.63, 3.8) is 0 Å². The van der Waals surface area contributed by atoms with E-state index in [1.807, 2.05) is 0 Å². The molecule has 1 spiro atoms. The van der Waals surface area contributed by atoms with Crippen molar-refractivity contribution in [2.75, 3.05) is 46.5 Å². The maximum atomic E-state index is 12.8. The number of carbonyl (C=O) groups is 1. The zero-order valence-corrected chi connectivity index (χ0v) is 17.5. The van der Waals surface area contributed by atoms with Crippen molar-refractivity contribution in [3.05, 3.63) is 21.4 Å². The number of amides is 1. The van der Waals surface area contributed by atoms with Crippen LogP contribution in [0.15, 0.2) is 6.07 Å². The topological polar surface area (TPSA) is 50.8 Å². The third-order valence-electron chi connectivity index (χ3n) is 6.80. The number of methoxy groups -OCH3 is 1. The van der Waals surface area contributed by atoms with Crippen molar-refractivity contribution in [1.29, 1.82) is 0 Å². The van der Waals surface area contributed by atoms with Gasteiger partial charge in [-0.2, -0.15) is 0 Å². The molecule has 0 bridgehead atoms. The smallest absolute Gasteiger partial charge is 0.261 e. The number of nitrogens with zero attached hydrogens (tertiary/aromatic N) is 1. The zero-order chi connectivity index (χ0) is 18.9. The molecule has 4 rings (SSSR count). The number of ether oxygens (including phenoxy) is 2. The molecule has 3 aliphatic rings. The van der Waals surface area contributed by atoms with Crippen LogP contribution in [-0.4, -0.2) is 57.3 Å². The molecule has 1 aromatic rings. The lowest BCUT2D eigenvalue weighted by molar-refractivity contribution is -0.0944. The van der Waals surface area contributed by atoms with E-state index in [0.717, 1.165) is 76.4 Å². The maximum Gasteiger partial charge on any atom is 0.261 e. The molecule has 1 N–H and O–H groups in total. The SMILES string of the molecule is CCN1CCC2(CC1)OCCc1cc(C(=O)NCC3(COC)CCC3)sc12. The van der Waals surface area contributed by atoms with E-state index in [-0.39, 0.29) is 16.9 Å². The predicted molar refractivity (Wildman–Crippen MR) is 107 cm³/mol. The summed E-state index contributed by atoms with van der Waals surface area (Å²) in [6, 6.07) is 2.12. The number of likely N-dealkylation sites (tertiary alicyclic amines) is 1. The van der Waals surface area contributed by atoms with Crippen LogP contribution in [-0.2, 0) is 21.5 Å². The average molecular weight is 393 g/mol. The standard InChI is InChI=1S/C21H32N2O3S/c1-3-23-10-8-21(9-11-23)18-16(5-12-26-21)13-17(27-18)19(24)22-14-20(15-25-2)6-4-7-20/h13H,3-12,14-15H2,1-2H3,(H,22,24). The Labute approximate surface area is 166 Å². The number of hydrogen-bond acceptors (Lipinski definition) is 5. The molecule has 0 atom stereocenters. The fraction of sp³-hybridized carbons (Fsp3) is 0.762. The Hall–Kier alpha value is -0.950. The maximum absolute atomic E-state index is 12.8. The van der Waals surface area contributed by atoms with Gasteiger partial charge in [-0.1, -0.05) is 13.3 Å². The van der Waals surface area contributed by atoms with Gasteiger partial charge in [0.2, 0.25) is 0 Å². The number of piperidine rings is 1. The molecule has 3 heterocycles. The summed E-state index contributed by atoms with van der Waals surface area (Å²) in [7, 11) is 1.75. The molecule has 1 amide bonds. The highest BCUT2D eigenvalue weighted by molar-refractivity contribution is 7.14. The quantitative estimate of drug-likeness (QED) is 0.808. The molecule has 1 aromatic heterocycles. The first kappa shape index (κ1) is 19.4. The van der Waals surface area contributed by atoms with Crippen LogP contribution in [0.1, 0.15) is 59.1 Å². The first-order chi connectivity index (χ1) is 13.1. The van der Waals surface area contributed by atoms with Crippen molar-refractivity contribution in [2.24, 2.45) is 5.41 Å². The highest BCUT2D eigenvalue weighted by atomic mass is 32.1. The largest absolute Gasteiger partial charge is 0.384 e. The van der Waals surface area contributed by atoms with Crippen LogP contribution in [0.5, 0.6) is 0 Å². The lowest BCUT2D eigenvalue weighted by atomic mass is 9.69. The Bertz CT molecular complexity index is 675. The van der Waals surface area contributed by atoms with E-state index in [4.69, 9.17) is 9.47 Å². The van der Waals surface area contributed by atoms with Crippen molar-refractivity contribution < 1.29 is 14.3 Å². The molecule has 2 fully saturated rings. The van der Waals surface area contributed by atoms with Crippen LogP contribution >= 0.6 is 11.3 Å². The van der Waals surface area contributed by atoms with E-state index in [1.54, 1.807) is 18.4 Å². The number of nitrogens with one attached hydrogen (secondary N) is 1. The number of hydrogen-bond donors (Lipinski definition) is 1. The van der Waals surface area contributed by atoms with Crippen molar-refractivity contribution in [1.82, 2.24) is 10.2 Å². The van der Waals surface area contributed by atoms with E-state index >= 15 is 0 Å². The van der Waals surface area contributed by atoms with Crippen LogP contribution in [0, 0.1) is 5.41 Å². The molecule has 150 valence electrons. The zero-order valence-electron chi connectivity index (χ0n) is 16.6. The van der Waals surface area contributed by atoms with Gasteiger partial charge in [0.15, 0.2) is 0 Å². The molecule has 6 heteroatoms. The van der Waals surface area contributed by atoms with E-state index in [0.29, 0.717) is 0 Å². The molecule has 0 radical (unpaired) electrons. The van der Waals surface area contributed by atoms with Gasteiger partial charge in [-0.25, -0.2) is 0 Å². The molecular formula is C21H32N2O3S. The fourth-order valence-electron chi connectivity index (χ4n) is 4.85. The second-order valence-corrected chi connectivity index (χ2v) is 9.51. The second-order valence-electron chi connectivity index (χ2n) is 8.46. The summed E-state index contributed by atoms with van der Waals surface area (Å²) < 4.78 is 11.7. The molecule has 27 heavy (non-hydrogen) atoms. The second kappa shape index (κ2) is 7.82. The molecule has 1 saturated heterocycles. The first-order valence-electron chi connectivity index (χ1n) is 10.4. The predicted octanol–water partition coefficient (Wildman–Crippen LogP) is 3.18. The van der Waals surface area contributed by atoms with Gasteiger partial charge in [-0.3, -0.25) is 4.79 Å². The van der Waals surface area contributed by atoms with Crippen LogP contribution in [0.3, 0.4) is 0 Å². The third kappa shape index (κ3) is 3.69. The summed E-state index contributed by atoms with van der Waals surface area (Å²) in [5, 5.41) is 3.19. The fourth-order valence-corrected chi connectivity index (χ4v) is 6.17. The summed E-state index contributed by atoms with van der Waals surface area (Å²) in [5.41, 5.74) is 1.32. The monoisotopic (exact) mass is 392 g/mol. The molecule has 2 aliphatic heterocycles. The summed E-state index contributed by atoms with van der Waals surface area (Å²) in [6.45, 7) is 7.70. The minimum Gasteiger partial charge on any atom is -0.384 e. The third-order valence-corrected chi connectivity index (χ3v) is 8.16. The number of thiophene rings is 1. The number of rotatable bonds is 6. The van der Waals surface area contributed by atoms with E-state index in [1.165, 1.54) is 16.9 Å². The van der Waals surface area contributed by atoms with Gasteiger partial charge < -0.3 is 19.7 Å². The summed E-state index contributed by atoms with van der Waals surface area (Å²) in [6.07, 6.45) is 6.52. The van der Waals surface area contributed by atoms with Crippen LogP contribution in [0.2, 0.25) is 0 Å². The van der Waals surface area contributed by atoms with Gasteiger partial charge in [0.05, 0.1) is 18.1 Å².